The summed E-state index contributed by atoms with van der Waals surface area (Å²) in [5.41, 5.74) is 0.205. The molecule has 0 fully saturated rings. The lowest BCUT2D eigenvalue weighted by molar-refractivity contribution is 0.0692. The Balaban J connectivity index is 2.76. The number of halogens is 1. The van der Waals surface area contributed by atoms with Gasteiger partial charge in [-0.1, -0.05) is 0 Å². The number of carbonyl (C=O) groups is 1. The van der Waals surface area contributed by atoms with Gasteiger partial charge in [-0.3, -0.25) is 0 Å². The lowest BCUT2D eigenvalue weighted by Crippen LogP contribution is -1.99. The van der Waals surface area contributed by atoms with Crippen molar-refractivity contribution in [3.63, 3.8) is 0 Å². The molecule has 1 heterocycles. The third kappa shape index (κ3) is 1.35. The van der Waals surface area contributed by atoms with Gasteiger partial charge in [0.25, 0.3) is 0 Å². The number of aromatic carboxylic acids is 1. The number of rotatable bonds is 1. The van der Waals surface area contributed by atoms with Gasteiger partial charge in [-0.25, -0.2) is 14.2 Å². The fourth-order valence-corrected chi connectivity index (χ4v) is 2.08. The maximum Gasteiger partial charge on any atom is 0.338 e. The summed E-state index contributed by atoms with van der Waals surface area (Å²) in [7, 11) is 0. The number of hydrogen-bond donors (Lipinski definition) is 1. The van der Waals surface area contributed by atoms with Crippen LogP contribution in [0.15, 0.2) is 12.1 Å². The molecular formula is C9H6FNO2S. The number of thiazole rings is 1. The molecule has 14 heavy (non-hydrogen) atoms. The Morgan fingerprint density at radius 3 is 2.93 bits per heavy atom. The first-order valence-corrected chi connectivity index (χ1v) is 4.69. The Kier molecular flexibility index (Phi) is 1.96. The maximum atomic E-state index is 13.2. The van der Waals surface area contributed by atoms with Crippen molar-refractivity contribution < 1.29 is 14.3 Å². The van der Waals surface area contributed by atoms with E-state index >= 15 is 0 Å². The third-order valence-electron chi connectivity index (χ3n) is 1.81. The van der Waals surface area contributed by atoms with E-state index in [0.717, 1.165) is 11.1 Å². The number of aromatic nitrogens is 1. The lowest BCUT2D eigenvalue weighted by Gasteiger charge is -1.95. The minimum atomic E-state index is -1.25. The van der Waals surface area contributed by atoms with Crippen molar-refractivity contribution in [3.8, 4) is 0 Å². The average Bonchev–Trinajstić information content (AvgIpc) is 2.42. The predicted molar refractivity (Wildman–Crippen MR) is 51.3 cm³/mol. The van der Waals surface area contributed by atoms with Crippen molar-refractivity contribution in [3.05, 3.63) is 28.5 Å². The zero-order valence-corrected chi connectivity index (χ0v) is 8.06. The minimum Gasteiger partial charge on any atom is -0.478 e. The summed E-state index contributed by atoms with van der Waals surface area (Å²) in [6.45, 7) is 1.79. The molecule has 1 aromatic heterocycles. The van der Waals surface area contributed by atoms with Gasteiger partial charge >= 0.3 is 5.97 Å². The normalized spacial score (nSPS) is 10.7. The highest BCUT2D eigenvalue weighted by molar-refractivity contribution is 7.18. The topological polar surface area (TPSA) is 50.2 Å². The molecular weight excluding hydrogens is 205 g/mol. The van der Waals surface area contributed by atoms with Gasteiger partial charge < -0.3 is 5.11 Å². The third-order valence-corrected chi connectivity index (χ3v) is 2.75. The summed E-state index contributed by atoms with van der Waals surface area (Å²) in [5, 5.41) is 9.47. The van der Waals surface area contributed by atoms with Crippen LogP contribution in [0.4, 0.5) is 4.39 Å². The van der Waals surface area contributed by atoms with Gasteiger partial charge in [0.15, 0.2) is 0 Å². The summed E-state index contributed by atoms with van der Waals surface area (Å²) in [6.07, 6.45) is 0. The number of nitrogens with zero attached hydrogens (tertiary/aromatic N) is 1. The van der Waals surface area contributed by atoms with E-state index in [2.05, 4.69) is 4.98 Å². The van der Waals surface area contributed by atoms with Gasteiger partial charge in [0.05, 0.1) is 20.8 Å². The van der Waals surface area contributed by atoms with Gasteiger partial charge in [-0.15, -0.1) is 11.3 Å². The zero-order valence-electron chi connectivity index (χ0n) is 7.24. The van der Waals surface area contributed by atoms with Crippen molar-refractivity contribution in [1.82, 2.24) is 4.98 Å². The van der Waals surface area contributed by atoms with E-state index in [4.69, 9.17) is 5.11 Å². The zero-order chi connectivity index (χ0) is 10.3. The molecule has 0 atom stereocenters. The van der Waals surface area contributed by atoms with E-state index in [0.29, 0.717) is 10.2 Å². The molecule has 2 rings (SSSR count). The molecule has 0 saturated heterocycles. The summed E-state index contributed by atoms with van der Waals surface area (Å²) in [5.74, 6) is -1.99. The summed E-state index contributed by atoms with van der Waals surface area (Å²) >= 11 is 1.35. The quantitative estimate of drug-likeness (QED) is 0.788. The molecule has 2 aromatic rings. The first kappa shape index (κ1) is 9.08. The minimum absolute atomic E-state index is 0.304. The molecule has 0 amide bonds. The fourth-order valence-electron chi connectivity index (χ4n) is 1.23. The molecule has 0 bridgehead atoms. The Morgan fingerprint density at radius 1 is 1.57 bits per heavy atom. The number of benzene rings is 1. The molecule has 0 saturated carbocycles. The molecule has 0 aliphatic carbocycles. The van der Waals surface area contributed by atoms with Gasteiger partial charge in [0.2, 0.25) is 0 Å². The van der Waals surface area contributed by atoms with Crippen LogP contribution >= 0.6 is 11.3 Å². The number of hydrogen-bond acceptors (Lipinski definition) is 3. The van der Waals surface area contributed by atoms with Crippen LogP contribution in [0.2, 0.25) is 0 Å². The molecule has 1 N–H and O–H groups in total. The highest BCUT2D eigenvalue weighted by Crippen LogP contribution is 2.24. The lowest BCUT2D eigenvalue weighted by atomic mass is 10.2. The number of aryl methyl sites for hydroxylation is 1. The molecule has 0 aliphatic heterocycles. The first-order chi connectivity index (χ1) is 6.58. The van der Waals surface area contributed by atoms with Crippen LogP contribution in [0.5, 0.6) is 0 Å². The average molecular weight is 211 g/mol. The van der Waals surface area contributed by atoms with Gasteiger partial charge in [-0.2, -0.15) is 0 Å². The number of carboxylic acids is 1. The van der Waals surface area contributed by atoms with E-state index in [-0.39, 0.29) is 5.56 Å². The SMILES string of the molecule is Cc1nc2cc(F)c(C(=O)O)cc2s1. The Hall–Kier alpha value is -1.49. The van der Waals surface area contributed by atoms with E-state index in [1.54, 1.807) is 6.92 Å². The smallest absolute Gasteiger partial charge is 0.338 e. The van der Waals surface area contributed by atoms with Crippen LogP contribution in [-0.2, 0) is 0 Å². The second-order valence-corrected chi connectivity index (χ2v) is 4.07. The largest absolute Gasteiger partial charge is 0.478 e. The van der Waals surface area contributed by atoms with Crippen LogP contribution in [0, 0.1) is 12.7 Å². The Bertz CT molecular complexity index is 521. The second kappa shape index (κ2) is 3.02. The van der Waals surface area contributed by atoms with Crippen LogP contribution in [0.3, 0.4) is 0 Å². The van der Waals surface area contributed by atoms with Gasteiger partial charge in [-0.05, 0) is 13.0 Å². The van der Waals surface area contributed by atoms with Crippen molar-refractivity contribution >= 4 is 27.5 Å². The van der Waals surface area contributed by atoms with Gasteiger partial charge in [0.1, 0.15) is 5.82 Å². The van der Waals surface area contributed by atoms with Crippen LogP contribution in [-0.4, -0.2) is 16.1 Å². The highest BCUT2D eigenvalue weighted by Gasteiger charge is 2.13. The predicted octanol–water partition coefficient (Wildman–Crippen LogP) is 2.44. The number of carboxylic acid groups (broad SMARTS) is 1. The van der Waals surface area contributed by atoms with Crippen molar-refractivity contribution in [2.24, 2.45) is 0 Å². The molecule has 0 aliphatic rings. The molecule has 5 heteroatoms. The van der Waals surface area contributed by atoms with Crippen LogP contribution in [0.25, 0.3) is 10.2 Å². The fraction of sp³-hybridized carbons (Fsp3) is 0.111. The summed E-state index contributed by atoms with van der Waals surface area (Å²) < 4.78 is 13.9. The Labute approximate surface area is 82.8 Å². The second-order valence-electron chi connectivity index (χ2n) is 2.84. The number of fused-ring (bicyclic) bond motifs is 1. The first-order valence-electron chi connectivity index (χ1n) is 3.88. The molecule has 3 nitrogen and oxygen atoms in total. The summed E-state index contributed by atoms with van der Waals surface area (Å²) in [6, 6.07) is 2.47. The molecule has 72 valence electrons. The van der Waals surface area contributed by atoms with E-state index in [1.807, 2.05) is 0 Å². The molecule has 0 spiro atoms. The van der Waals surface area contributed by atoms with Gasteiger partial charge in [0, 0.05) is 6.07 Å². The summed E-state index contributed by atoms with van der Waals surface area (Å²) in [4.78, 5) is 14.7. The van der Waals surface area contributed by atoms with Crippen molar-refractivity contribution in [2.75, 3.05) is 0 Å². The van der Waals surface area contributed by atoms with Crippen molar-refractivity contribution in [1.29, 1.82) is 0 Å². The molecule has 0 radical (unpaired) electrons. The van der Waals surface area contributed by atoms with Crippen LogP contribution in [0.1, 0.15) is 15.4 Å². The Morgan fingerprint density at radius 2 is 2.29 bits per heavy atom. The van der Waals surface area contributed by atoms with E-state index in [1.165, 1.54) is 17.4 Å². The van der Waals surface area contributed by atoms with Crippen molar-refractivity contribution in [2.45, 2.75) is 6.92 Å². The standard InChI is InChI=1S/C9H6FNO2S/c1-4-11-7-3-6(10)5(9(12)13)2-8(7)14-4/h2-3H,1H3,(H,12,13). The van der Waals surface area contributed by atoms with E-state index < -0.39 is 11.8 Å². The maximum absolute atomic E-state index is 13.2. The highest BCUT2D eigenvalue weighted by atomic mass is 32.1. The van der Waals surface area contributed by atoms with Crippen LogP contribution < -0.4 is 0 Å². The van der Waals surface area contributed by atoms with E-state index in [9.17, 15) is 9.18 Å². The molecule has 0 unspecified atom stereocenters. The molecule has 1 aromatic carbocycles. The monoisotopic (exact) mass is 211 g/mol.